The predicted molar refractivity (Wildman–Crippen MR) is 103 cm³/mol. The number of pyridine rings is 1. The molecular weight excluding hydrogens is 392 g/mol. The number of aromatic nitrogens is 3. The van der Waals surface area contributed by atoms with Gasteiger partial charge in [0.15, 0.2) is 10.8 Å². The number of thiazole rings is 1. The van der Waals surface area contributed by atoms with Crippen LogP contribution in [0.1, 0.15) is 10.4 Å². The molecule has 2 N–H and O–H groups in total. The van der Waals surface area contributed by atoms with Crippen molar-refractivity contribution in [2.45, 2.75) is 11.3 Å². The van der Waals surface area contributed by atoms with Crippen LogP contribution in [-0.4, -0.2) is 22.4 Å². The van der Waals surface area contributed by atoms with Crippen LogP contribution in [0.25, 0.3) is 11.0 Å². The summed E-state index contributed by atoms with van der Waals surface area (Å²) in [6.07, 6.45) is 3.58. The van der Waals surface area contributed by atoms with E-state index in [1.165, 1.54) is 15.3 Å². The second-order valence-electron chi connectivity index (χ2n) is 5.59. The van der Waals surface area contributed by atoms with Crippen LogP contribution < -0.4 is 5.73 Å². The van der Waals surface area contributed by atoms with Crippen LogP contribution in [-0.2, 0) is 16.4 Å². The number of nitrogen functional groups attached to an aromatic ring is 1. The Morgan fingerprint density at radius 2 is 1.92 bits per heavy atom. The molecule has 0 amide bonds. The molecule has 0 unspecified atom stereocenters. The summed E-state index contributed by atoms with van der Waals surface area (Å²) < 4.78 is 27.3. The van der Waals surface area contributed by atoms with Gasteiger partial charge in [-0.1, -0.05) is 29.8 Å². The second kappa shape index (κ2) is 6.39. The van der Waals surface area contributed by atoms with Gasteiger partial charge in [0, 0.05) is 24.2 Å². The van der Waals surface area contributed by atoms with Crippen molar-refractivity contribution >= 4 is 49.1 Å². The van der Waals surface area contributed by atoms with Gasteiger partial charge < -0.3 is 5.73 Å². The summed E-state index contributed by atoms with van der Waals surface area (Å²) in [6.45, 7) is 0. The summed E-state index contributed by atoms with van der Waals surface area (Å²) in [5, 5.41) is 1.46. The minimum absolute atomic E-state index is 0.203. The van der Waals surface area contributed by atoms with Gasteiger partial charge in [-0.15, -0.1) is 11.3 Å². The zero-order valence-corrected chi connectivity index (χ0v) is 15.7. The quantitative estimate of drug-likeness (QED) is 0.561. The SMILES string of the molecule is Nc1nc(Cl)c(Cc2cn(S(=O)(=O)c3ccccc3)c3ncccc23)s1. The maximum Gasteiger partial charge on any atom is 0.269 e. The minimum Gasteiger partial charge on any atom is -0.375 e. The van der Waals surface area contributed by atoms with E-state index < -0.39 is 10.0 Å². The van der Waals surface area contributed by atoms with E-state index in [1.807, 2.05) is 6.07 Å². The van der Waals surface area contributed by atoms with Crippen LogP contribution in [0.2, 0.25) is 5.15 Å². The van der Waals surface area contributed by atoms with Crippen molar-refractivity contribution in [2.75, 3.05) is 5.73 Å². The maximum atomic E-state index is 13.1. The highest BCUT2D eigenvalue weighted by Gasteiger charge is 2.22. The predicted octanol–water partition coefficient (Wildman–Crippen LogP) is 3.56. The summed E-state index contributed by atoms with van der Waals surface area (Å²) in [7, 11) is -3.76. The van der Waals surface area contributed by atoms with Crippen LogP contribution in [0, 0.1) is 0 Å². The highest BCUT2D eigenvalue weighted by molar-refractivity contribution is 7.90. The Hall–Kier alpha value is -2.42. The van der Waals surface area contributed by atoms with Crippen molar-refractivity contribution in [3.05, 3.63) is 70.5 Å². The van der Waals surface area contributed by atoms with E-state index in [1.54, 1.807) is 48.8 Å². The summed E-state index contributed by atoms with van der Waals surface area (Å²) in [5.41, 5.74) is 6.87. The zero-order valence-electron chi connectivity index (χ0n) is 13.3. The minimum atomic E-state index is -3.76. The third-order valence-electron chi connectivity index (χ3n) is 3.93. The molecule has 6 nitrogen and oxygen atoms in total. The Bertz CT molecular complexity index is 1200. The van der Waals surface area contributed by atoms with Gasteiger partial charge in [0.1, 0.15) is 5.15 Å². The van der Waals surface area contributed by atoms with E-state index in [-0.39, 0.29) is 4.90 Å². The van der Waals surface area contributed by atoms with Gasteiger partial charge in [0.2, 0.25) is 0 Å². The van der Waals surface area contributed by atoms with Gasteiger partial charge in [-0.3, -0.25) is 0 Å². The third-order valence-corrected chi connectivity index (χ3v) is 6.91. The van der Waals surface area contributed by atoms with Gasteiger partial charge >= 0.3 is 0 Å². The second-order valence-corrected chi connectivity index (χ2v) is 8.87. The molecule has 0 fully saturated rings. The van der Waals surface area contributed by atoms with Crippen molar-refractivity contribution in [3.8, 4) is 0 Å². The first-order valence-corrected chi connectivity index (χ1v) is 10.3. The van der Waals surface area contributed by atoms with Crippen LogP contribution in [0.3, 0.4) is 0 Å². The normalized spacial score (nSPS) is 11.9. The molecular formula is C17H13ClN4O2S2. The Balaban J connectivity index is 1.89. The molecule has 1 aromatic carbocycles. The number of hydrogen-bond donors (Lipinski definition) is 1. The molecule has 0 saturated heterocycles. The fraction of sp³-hybridized carbons (Fsp3) is 0.0588. The highest BCUT2D eigenvalue weighted by atomic mass is 35.5. The standard InChI is InChI=1S/C17H13ClN4O2S2/c18-15-14(25-17(19)21-15)9-11-10-22(16-13(11)7-4-8-20-16)26(23,24)12-5-2-1-3-6-12/h1-8,10H,9H2,(H2,19,21). The summed E-state index contributed by atoms with van der Waals surface area (Å²) in [4.78, 5) is 9.27. The Kier molecular flexibility index (Phi) is 4.18. The molecule has 0 atom stereocenters. The molecule has 0 saturated carbocycles. The Labute approximate surface area is 158 Å². The first-order chi connectivity index (χ1) is 12.5. The van der Waals surface area contributed by atoms with E-state index >= 15 is 0 Å². The molecule has 0 aliphatic rings. The number of benzene rings is 1. The largest absolute Gasteiger partial charge is 0.375 e. The summed E-state index contributed by atoms with van der Waals surface area (Å²) >= 11 is 7.40. The van der Waals surface area contributed by atoms with Gasteiger partial charge in [0.05, 0.1) is 9.77 Å². The van der Waals surface area contributed by atoms with Gasteiger partial charge in [-0.05, 0) is 29.8 Å². The smallest absolute Gasteiger partial charge is 0.269 e. The number of fused-ring (bicyclic) bond motifs is 1. The number of halogens is 1. The fourth-order valence-electron chi connectivity index (χ4n) is 2.76. The van der Waals surface area contributed by atoms with Crippen molar-refractivity contribution in [3.63, 3.8) is 0 Å². The average molecular weight is 405 g/mol. The van der Waals surface area contributed by atoms with Crippen molar-refractivity contribution in [1.29, 1.82) is 0 Å². The number of nitrogens with two attached hydrogens (primary N) is 1. The number of anilines is 1. The van der Waals surface area contributed by atoms with E-state index in [9.17, 15) is 8.42 Å². The molecule has 0 bridgehead atoms. The first-order valence-electron chi connectivity index (χ1n) is 7.63. The molecule has 0 radical (unpaired) electrons. The number of rotatable bonds is 4. The Morgan fingerprint density at radius 3 is 2.62 bits per heavy atom. The molecule has 132 valence electrons. The maximum absolute atomic E-state index is 13.1. The van der Waals surface area contributed by atoms with Crippen molar-refractivity contribution in [2.24, 2.45) is 0 Å². The fourth-order valence-corrected chi connectivity index (χ4v) is 5.20. The van der Waals surface area contributed by atoms with Gasteiger partial charge in [-0.2, -0.15) is 0 Å². The average Bonchev–Trinajstić information content (AvgIpc) is 3.16. The van der Waals surface area contributed by atoms with Gasteiger partial charge in [0.25, 0.3) is 10.0 Å². The lowest BCUT2D eigenvalue weighted by atomic mass is 10.1. The van der Waals surface area contributed by atoms with Crippen LogP contribution >= 0.6 is 22.9 Å². The molecule has 4 aromatic rings. The zero-order chi connectivity index (χ0) is 18.3. The summed E-state index contributed by atoms with van der Waals surface area (Å²) in [5.74, 6) is 0. The highest BCUT2D eigenvalue weighted by Crippen LogP contribution is 2.31. The number of hydrogen-bond acceptors (Lipinski definition) is 6. The van der Waals surface area contributed by atoms with E-state index in [0.29, 0.717) is 22.4 Å². The molecule has 9 heteroatoms. The van der Waals surface area contributed by atoms with E-state index in [4.69, 9.17) is 17.3 Å². The first kappa shape index (κ1) is 17.0. The molecule has 0 aliphatic carbocycles. The third kappa shape index (κ3) is 2.86. The molecule has 3 aromatic heterocycles. The molecule has 3 heterocycles. The van der Waals surface area contributed by atoms with Crippen molar-refractivity contribution in [1.82, 2.24) is 13.9 Å². The topological polar surface area (TPSA) is 90.9 Å². The van der Waals surface area contributed by atoms with E-state index in [2.05, 4.69) is 9.97 Å². The Morgan fingerprint density at radius 1 is 1.15 bits per heavy atom. The van der Waals surface area contributed by atoms with Crippen LogP contribution in [0.4, 0.5) is 5.13 Å². The lowest BCUT2D eigenvalue weighted by Gasteiger charge is -2.06. The monoisotopic (exact) mass is 404 g/mol. The van der Waals surface area contributed by atoms with E-state index in [0.717, 1.165) is 15.8 Å². The molecule has 0 aliphatic heterocycles. The van der Waals surface area contributed by atoms with Crippen LogP contribution in [0.15, 0.2) is 59.8 Å². The lowest BCUT2D eigenvalue weighted by Crippen LogP contribution is -2.12. The molecule has 0 spiro atoms. The summed E-state index contributed by atoms with van der Waals surface area (Å²) in [6, 6.07) is 11.9. The van der Waals surface area contributed by atoms with Crippen molar-refractivity contribution < 1.29 is 8.42 Å². The molecule has 26 heavy (non-hydrogen) atoms. The molecule has 4 rings (SSSR count). The van der Waals surface area contributed by atoms with Crippen LogP contribution in [0.5, 0.6) is 0 Å². The lowest BCUT2D eigenvalue weighted by molar-refractivity contribution is 0.588. The van der Waals surface area contributed by atoms with Gasteiger partial charge in [-0.25, -0.2) is 22.4 Å². The number of nitrogens with zero attached hydrogens (tertiary/aromatic N) is 3.